The first-order valence-corrected chi connectivity index (χ1v) is 13.5. The second kappa shape index (κ2) is 10.8. The summed E-state index contributed by atoms with van der Waals surface area (Å²) in [5.41, 5.74) is 2.60. The average Bonchev–Trinajstić information content (AvgIpc) is 2.73. The molecule has 0 spiro atoms. The fourth-order valence-electron chi connectivity index (χ4n) is 4.20. The molecule has 5 nitrogen and oxygen atoms in total. The predicted octanol–water partition coefficient (Wildman–Crippen LogP) is 6.71. The number of hydrogen-bond donors (Lipinski definition) is 1. The number of aryl methyl sites for hydroxylation is 2. The molecule has 0 atom stereocenters. The van der Waals surface area contributed by atoms with Gasteiger partial charge in [-0.3, -0.25) is 9.52 Å². The third-order valence-electron chi connectivity index (χ3n) is 6.53. The fraction of sp³-hybridized carbons (Fsp3) is 0.519. The van der Waals surface area contributed by atoms with E-state index in [4.69, 9.17) is 4.74 Å². The van der Waals surface area contributed by atoms with E-state index in [1.54, 1.807) is 13.0 Å². The molecule has 0 heterocycles. The summed E-state index contributed by atoms with van der Waals surface area (Å²) in [6, 6.07) is 10.9. The van der Waals surface area contributed by atoms with Crippen LogP contribution in [0.5, 0.6) is 5.75 Å². The normalized spacial score (nSPS) is 12.9. The lowest BCUT2D eigenvalue weighted by atomic mass is 9.70. The standard InChI is InChI=1S/C27H36F3NO4S/c1-8-26(9-2,21-11-13-23(19(4)15-21)35-16-24(32)25(5,6)7)20-10-12-22(18(3)14-20)31-36(33,34)17-27(28,29)30/h10-15,31H,8-9,16-17H2,1-7H3. The number of rotatable bonds is 10. The highest BCUT2D eigenvalue weighted by atomic mass is 32.2. The number of Topliss-reactive ketones (excluding diaryl/α,β-unsaturated/α-hetero) is 1. The first-order valence-electron chi connectivity index (χ1n) is 11.9. The molecular weight excluding hydrogens is 491 g/mol. The summed E-state index contributed by atoms with van der Waals surface area (Å²) in [5.74, 6) is -1.31. The number of sulfonamides is 1. The molecule has 0 amide bonds. The van der Waals surface area contributed by atoms with Crippen molar-refractivity contribution in [1.82, 2.24) is 0 Å². The van der Waals surface area contributed by atoms with Crippen molar-refractivity contribution in [3.8, 4) is 5.75 Å². The van der Waals surface area contributed by atoms with E-state index in [0.29, 0.717) is 11.3 Å². The Morgan fingerprint density at radius 2 is 1.44 bits per heavy atom. The molecule has 0 saturated heterocycles. The monoisotopic (exact) mass is 527 g/mol. The van der Waals surface area contributed by atoms with Crippen LogP contribution in [-0.2, 0) is 20.2 Å². The summed E-state index contributed by atoms with van der Waals surface area (Å²) < 4.78 is 69.6. The summed E-state index contributed by atoms with van der Waals surface area (Å²) in [5, 5.41) is 0. The van der Waals surface area contributed by atoms with Crippen molar-refractivity contribution < 1.29 is 31.1 Å². The van der Waals surface area contributed by atoms with Crippen LogP contribution in [0.4, 0.5) is 18.9 Å². The zero-order valence-corrected chi connectivity index (χ0v) is 22.8. The quantitative estimate of drug-likeness (QED) is 0.373. The van der Waals surface area contributed by atoms with E-state index in [0.717, 1.165) is 29.5 Å². The Hall–Kier alpha value is -2.55. The minimum atomic E-state index is -4.83. The van der Waals surface area contributed by atoms with Gasteiger partial charge in [0.25, 0.3) is 0 Å². The molecule has 0 aromatic heterocycles. The number of ketones is 1. The van der Waals surface area contributed by atoms with Gasteiger partial charge in [0.15, 0.2) is 11.5 Å². The van der Waals surface area contributed by atoms with Gasteiger partial charge in [-0.05, 0) is 61.1 Å². The molecule has 0 radical (unpaired) electrons. The van der Waals surface area contributed by atoms with Gasteiger partial charge in [0, 0.05) is 10.8 Å². The van der Waals surface area contributed by atoms with E-state index in [1.165, 1.54) is 6.07 Å². The van der Waals surface area contributed by atoms with Gasteiger partial charge in [-0.2, -0.15) is 13.2 Å². The number of anilines is 1. The molecule has 0 aliphatic rings. The van der Waals surface area contributed by atoms with Gasteiger partial charge in [-0.15, -0.1) is 0 Å². The molecule has 2 rings (SSSR count). The molecule has 0 fully saturated rings. The third-order valence-corrected chi connectivity index (χ3v) is 7.77. The highest BCUT2D eigenvalue weighted by Crippen LogP contribution is 2.41. The predicted molar refractivity (Wildman–Crippen MR) is 137 cm³/mol. The van der Waals surface area contributed by atoms with Crippen LogP contribution in [0, 0.1) is 19.3 Å². The summed E-state index contributed by atoms with van der Waals surface area (Å²) in [6.45, 7) is 13.2. The maximum atomic E-state index is 12.6. The Morgan fingerprint density at radius 1 is 0.917 bits per heavy atom. The fourth-order valence-corrected chi connectivity index (χ4v) is 5.26. The van der Waals surface area contributed by atoms with E-state index >= 15 is 0 Å². The van der Waals surface area contributed by atoms with Gasteiger partial charge in [0.1, 0.15) is 12.4 Å². The molecule has 1 N–H and O–H groups in total. The molecule has 36 heavy (non-hydrogen) atoms. The molecule has 0 aliphatic heterocycles. The molecule has 2 aromatic carbocycles. The van der Waals surface area contributed by atoms with E-state index in [9.17, 15) is 26.4 Å². The van der Waals surface area contributed by atoms with Crippen molar-refractivity contribution in [2.75, 3.05) is 17.1 Å². The number of halogens is 3. The lowest BCUT2D eigenvalue weighted by Gasteiger charge is -2.34. The number of carbonyl (C=O) groups excluding carboxylic acids is 1. The van der Waals surface area contributed by atoms with Gasteiger partial charge in [0.05, 0.1) is 5.69 Å². The first-order chi connectivity index (χ1) is 16.4. The van der Waals surface area contributed by atoms with Crippen LogP contribution in [0.25, 0.3) is 0 Å². The zero-order chi connectivity index (χ0) is 27.5. The molecule has 200 valence electrons. The molecule has 2 aromatic rings. The Bertz CT molecular complexity index is 1190. The van der Waals surface area contributed by atoms with Crippen molar-refractivity contribution in [2.45, 2.75) is 72.9 Å². The third kappa shape index (κ3) is 7.24. The van der Waals surface area contributed by atoms with Crippen molar-refractivity contribution in [3.63, 3.8) is 0 Å². The molecule has 0 aliphatic carbocycles. The SMILES string of the molecule is CCC(CC)(c1ccc(NS(=O)(=O)CC(F)(F)F)c(C)c1)c1ccc(OCC(=O)C(C)(C)C)c(C)c1. The molecule has 9 heteroatoms. The molecule has 0 saturated carbocycles. The Morgan fingerprint density at radius 3 is 1.89 bits per heavy atom. The average molecular weight is 528 g/mol. The van der Waals surface area contributed by atoms with Crippen LogP contribution in [0.15, 0.2) is 36.4 Å². The lowest BCUT2D eigenvalue weighted by molar-refractivity contribution is -0.128. The number of nitrogens with one attached hydrogen (secondary N) is 1. The van der Waals surface area contributed by atoms with Gasteiger partial charge in [-0.1, -0.05) is 58.9 Å². The maximum absolute atomic E-state index is 12.6. The summed E-state index contributed by atoms with van der Waals surface area (Å²) in [6.07, 6.45) is -3.35. The highest BCUT2D eigenvalue weighted by Gasteiger charge is 2.36. The second-order valence-electron chi connectivity index (χ2n) is 10.2. The van der Waals surface area contributed by atoms with Crippen LogP contribution in [0.2, 0.25) is 0 Å². The van der Waals surface area contributed by atoms with Gasteiger partial charge in [-0.25, -0.2) is 8.42 Å². The van der Waals surface area contributed by atoms with E-state index in [1.807, 2.05) is 52.0 Å². The maximum Gasteiger partial charge on any atom is 0.404 e. The molecule has 0 bridgehead atoms. The largest absolute Gasteiger partial charge is 0.486 e. The molecule has 0 unspecified atom stereocenters. The van der Waals surface area contributed by atoms with Gasteiger partial charge < -0.3 is 4.74 Å². The van der Waals surface area contributed by atoms with Crippen LogP contribution in [0.1, 0.15) is 69.7 Å². The van der Waals surface area contributed by atoms with Crippen molar-refractivity contribution >= 4 is 21.5 Å². The summed E-state index contributed by atoms with van der Waals surface area (Å²) in [7, 11) is -4.57. The van der Waals surface area contributed by atoms with E-state index in [2.05, 4.69) is 18.6 Å². The van der Waals surface area contributed by atoms with Gasteiger partial charge in [0.2, 0.25) is 10.0 Å². The van der Waals surface area contributed by atoms with Crippen LogP contribution in [-0.4, -0.2) is 32.7 Å². The second-order valence-corrected chi connectivity index (χ2v) is 12.0. The lowest BCUT2D eigenvalue weighted by Crippen LogP contribution is -2.29. The smallest absolute Gasteiger partial charge is 0.404 e. The number of hydrogen-bond acceptors (Lipinski definition) is 4. The van der Waals surface area contributed by atoms with Crippen molar-refractivity contribution in [1.29, 1.82) is 0 Å². The van der Waals surface area contributed by atoms with Crippen LogP contribution >= 0.6 is 0 Å². The Labute approximate surface area is 212 Å². The number of alkyl halides is 3. The number of benzene rings is 2. The van der Waals surface area contributed by atoms with Gasteiger partial charge >= 0.3 is 6.18 Å². The van der Waals surface area contributed by atoms with Crippen molar-refractivity contribution in [2.24, 2.45) is 5.41 Å². The highest BCUT2D eigenvalue weighted by molar-refractivity contribution is 7.92. The Kier molecular flexibility index (Phi) is 8.92. The summed E-state index contributed by atoms with van der Waals surface area (Å²) >= 11 is 0. The number of carbonyl (C=O) groups is 1. The summed E-state index contributed by atoms with van der Waals surface area (Å²) in [4.78, 5) is 12.2. The van der Waals surface area contributed by atoms with Crippen molar-refractivity contribution in [3.05, 3.63) is 58.7 Å². The topological polar surface area (TPSA) is 72.5 Å². The molecular formula is C27H36F3NO4S. The van der Waals surface area contributed by atoms with E-state index in [-0.39, 0.29) is 18.1 Å². The first kappa shape index (κ1) is 29.7. The van der Waals surface area contributed by atoms with Crippen LogP contribution < -0.4 is 9.46 Å². The zero-order valence-electron chi connectivity index (χ0n) is 22.0. The minimum Gasteiger partial charge on any atom is -0.486 e. The minimum absolute atomic E-state index is 0.00358. The van der Waals surface area contributed by atoms with E-state index < -0.39 is 32.8 Å². The van der Waals surface area contributed by atoms with Crippen LogP contribution in [0.3, 0.4) is 0 Å². The Balaban J connectivity index is 2.38. The number of ether oxygens (including phenoxy) is 1.